The Morgan fingerprint density at radius 3 is 2.29 bits per heavy atom. The van der Waals surface area contributed by atoms with Gasteiger partial charge in [-0.15, -0.1) is 0 Å². The molecule has 0 atom stereocenters. The van der Waals surface area contributed by atoms with Crippen LogP contribution < -0.4 is 0 Å². The molecule has 96 valence electrons. The van der Waals surface area contributed by atoms with E-state index < -0.39 is 5.92 Å². The summed E-state index contributed by atoms with van der Waals surface area (Å²) in [4.78, 5) is 4.40. The molecule has 1 aliphatic rings. The molecule has 3 heteroatoms. The molecular formula is C14H21F2N. The Morgan fingerprint density at radius 2 is 1.76 bits per heavy atom. The van der Waals surface area contributed by atoms with Gasteiger partial charge in [0.15, 0.2) is 0 Å². The third-order valence-electron chi connectivity index (χ3n) is 3.05. The predicted molar refractivity (Wildman–Crippen MR) is 66.5 cm³/mol. The maximum atomic E-state index is 13.0. The molecule has 1 aromatic heterocycles. The average molecular weight is 241 g/mol. The van der Waals surface area contributed by atoms with Gasteiger partial charge in [-0.05, 0) is 31.9 Å². The minimum absolute atomic E-state index is 0.00723. The molecule has 1 fully saturated rings. The molecule has 1 aliphatic carbocycles. The lowest BCUT2D eigenvalue weighted by molar-refractivity contribution is -0.0384. The second-order valence-electron chi connectivity index (χ2n) is 4.33. The van der Waals surface area contributed by atoms with E-state index in [1.807, 2.05) is 39.0 Å². The van der Waals surface area contributed by atoms with Crippen LogP contribution in [0.15, 0.2) is 18.2 Å². The Bertz CT molecular complexity index is 340. The molecule has 0 saturated heterocycles. The van der Waals surface area contributed by atoms with Crippen LogP contribution in [-0.4, -0.2) is 10.9 Å². The van der Waals surface area contributed by atoms with Gasteiger partial charge in [-0.3, -0.25) is 4.98 Å². The Morgan fingerprint density at radius 1 is 1.18 bits per heavy atom. The van der Waals surface area contributed by atoms with Gasteiger partial charge in [-0.1, -0.05) is 19.9 Å². The van der Waals surface area contributed by atoms with E-state index in [4.69, 9.17) is 0 Å². The second-order valence-corrected chi connectivity index (χ2v) is 4.33. The smallest absolute Gasteiger partial charge is 0.248 e. The van der Waals surface area contributed by atoms with Crippen molar-refractivity contribution in [1.82, 2.24) is 4.98 Å². The van der Waals surface area contributed by atoms with Crippen LogP contribution in [0.5, 0.6) is 0 Å². The summed E-state index contributed by atoms with van der Waals surface area (Å²) >= 11 is 0. The van der Waals surface area contributed by atoms with Crippen molar-refractivity contribution < 1.29 is 8.78 Å². The van der Waals surface area contributed by atoms with Crippen molar-refractivity contribution in [3.63, 3.8) is 0 Å². The first-order valence-corrected chi connectivity index (χ1v) is 6.38. The number of rotatable bonds is 1. The van der Waals surface area contributed by atoms with Crippen LogP contribution in [0.2, 0.25) is 0 Å². The number of halogens is 2. The Balaban J connectivity index is 0.000000686. The summed E-state index contributed by atoms with van der Waals surface area (Å²) in [5.74, 6) is -2.22. The molecule has 0 N–H and O–H groups in total. The highest BCUT2D eigenvalue weighted by atomic mass is 19.3. The van der Waals surface area contributed by atoms with Crippen LogP contribution in [-0.2, 0) is 0 Å². The fraction of sp³-hybridized carbons (Fsp3) is 0.643. The van der Waals surface area contributed by atoms with Gasteiger partial charge >= 0.3 is 0 Å². The zero-order valence-electron chi connectivity index (χ0n) is 10.8. The lowest BCUT2D eigenvalue weighted by Crippen LogP contribution is -2.24. The van der Waals surface area contributed by atoms with E-state index >= 15 is 0 Å². The van der Waals surface area contributed by atoms with Crippen molar-refractivity contribution >= 4 is 0 Å². The van der Waals surface area contributed by atoms with Gasteiger partial charge in [-0.2, -0.15) is 0 Å². The fourth-order valence-corrected chi connectivity index (χ4v) is 2.13. The van der Waals surface area contributed by atoms with Crippen LogP contribution in [0, 0.1) is 6.92 Å². The zero-order chi connectivity index (χ0) is 12.9. The van der Waals surface area contributed by atoms with Crippen molar-refractivity contribution in [3.05, 3.63) is 29.6 Å². The molecule has 0 radical (unpaired) electrons. The first kappa shape index (κ1) is 14.1. The van der Waals surface area contributed by atoms with Crippen LogP contribution in [0.1, 0.15) is 56.8 Å². The summed E-state index contributed by atoms with van der Waals surface area (Å²) in [7, 11) is 0. The standard InChI is InChI=1S/C12H15F2N.C2H6/c1-9-3-2-4-11(15-9)10-5-7-12(13,14)8-6-10;1-2/h2-4,10H,5-8H2,1H3;1-2H3. The molecule has 1 saturated carbocycles. The number of hydrogen-bond acceptors (Lipinski definition) is 1. The summed E-state index contributed by atoms with van der Waals surface area (Å²) in [5, 5.41) is 0. The maximum absolute atomic E-state index is 13.0. The number of nitrogens with zero attached hydrogens (tertiary/aromatic N) is 1. The summed E-state index contributed by atoms with van der Waals surface area (Å²) in [6.45, 7) is 5.93. The van der Waals surface area contributed by atoms with E-state index in [1.54, 1.807) is 0 Å². The van der Waals surface area contributed by atoms with Crippen LogP contribution >= 0.6 is 0 Å². The Hall–Kier alpha value is -0.990. The van der Waals surface area contributed by atoms with Crippen molar-refractivity contribution in [2.24, 2.45) is 0 Å². The van der Waals surface area contributed by atoms with Gasteiger partial charge in [-0.25, -0.2) is 8.78 Å². The van der Waals surface area contributed by atoms with Gasteiger partial charge in [0, 0.05) is 30.1 Å². The molecular weight excluding hydrogens is 220 g/mol. The molecule has 0 amide bonds. The molecule has 0 aromatic carbocycles. The number of aryl methyl sites for hydroxylation is 1. The molecule has 0 bridgehead atoms. The van der Waals surface area contributed by atoms with Crippen LogP contribution in [0.3, 0.4) is 0 Å². The second kappa shape index (κ2) is 6.08. The molecule has 1 heterocycles. The SMILES string of the molecule is CC.Cc1cccc(C2CCC(F)(F)CC2)n1. The minimum Gasteiger partial charge on any atom is -0.258 e. The fourth-order valence-electron chi connectivity index (χ4n) is 2.13. The molecule has 1 nitrogen and oxygen atoms in total. The highest BCUT2D eigenvalue weighted by Crippen LogP contribution is 2.40. The van der Waals surface area contributed by atoms with E-state index in [0.29, 0.717) is 12.8 Å². The number of alkyl halides is 2. The molecule has 0 unspecified atom stereocenters. The van der Waals surface area contributed by atoms with Crippen LogP contribution in [0.4, 0.5) is 8.78 Å². The quantitative estimate of drug-likeness (QED) is 0.694. The first-order chi connectivity index (χ1) is 8.07. The van der Waals surface area contributed by atoms with E-state index in [9.17, 15) is 8.78 Å². The van der Waals surface area contributed by atoms with Crippen molar-refractivity contribution in [3.8, 4) is 0 Å². The topological polar surface area (TPSA) is 12.9 Å². The van der Waals surface area contributed by atoms with Gasteiger partial charge in [0.2, 0.25) is 5.92 Å². The zero-order valence-corrected chi connectivity index (χ0v) is 10.8. The number of aromatic nitrogens is 1. The third kappa shape index (κ3) is 4.06. The van der Waals surface area contributed by atoms with Crippen molar-refractivity contribution in [2.75, 3.05) is 0 Å². The number of pyridine rings is 1. The predicted octanol–water partition coefficient (Wildman–Crippen LogP) is 4.71. The van der Waals surface area contributed by atoms with Gasteiger partial charge in [0.25, 0.3) is 0 Å². The third-order valence-corrected chi connectivity index (χ3v) is 3.05. The molecule has 2 rings (SSSR count). The summed E-state index contributed by atoms with van der Waals surface area (Å²) in [6, 6.07) is 5.83. The normalized spacial score (nSPS) is 19.4. The molecule has 17 heavy (non-hydrogen) atoms. The number of hydrogen-bond donors (Lipinski definition) is 0. The largest absolute Gasteiger partial charge is 0.258 e. The maximum Gasteiger partial charge on any atom is 0.248 e. The summed E-state index contributed by atoms with van der Waals surface area (Å²) in [5.41, 5.74) is 1.94. The Labute approximate surface area is 102 Å². The van der Waals surface area contributed by atoms with Crippen molar-refractivity contribution in [2.45, 2.75) is 58.3 Å². The van der Waals surface area contributed by atoms with E-state index in [2.05, 4.69) is 4.98 Å². The Kier molecular flexibility index (Phi) is 5.03. The summed E-state index contributed by atoms with van der Waals surface area (Å²) in [6.07, 6.45) is 1.13. The highest BCUT2D eigenvalue weighted by Gasteiger charge is 2.35. The highest BCUT2D eigenvalue weighted by molar-refractivity contribution is 5.14. The molecule has 0 aliphatic heterocycles. The lowest BCUT2D eigenvalue weighted by Gasteiger charge is -2.27. The summed E-state index contributed by atoms with van der Waals surface area (Å²) < 4.78 is 25.9. The molecule has 0 spiro atoms. The van der Waals surface area contributed by atoms with Gasteiger partial charge < -0.3 is 0 Å². The van der Waals surface area contributed by atoms with E-state index in [-0.39, 0.29) is 18.8 Å². The average Bonchev–Trinajstić information content (AvgIpc) is 2.31. The lowest BCUT2D eigenvalue weighted by atomic mass is 9.84. The van der Waals surface area contributed by atoms with E-state index in [0.717, 1.165) is 11.4 Å². The van der Waals surface area contributed by atoms with E-state index in [1.165, 1.54) is 0 Å². The first-order valence-electron chi connectivity index (χ1n) is 6.38. The van der Waals surface area contributed by atoms with Gasteiger partial charge in [0.05, 0.1) is 0 Å². The minimum atomic E-state index is -2.44. The molecule has 1 aromatic rings. The monoisotopic (exact) mass is 241 g/mol. The van der Waals surface area contributed by atoms with Crippen molar-refractivity contribution in [1.29, 1.82) is 0 Å². The van der Waals surface area contributed by atoms with Crippen LogP contribution in [0.25, 0.3) is 0 Å². The van der Waals surface area contributed by atoms with Gasteiger partial charge in [0.1, 0.15) is 0 Å².